The van der Waals surface area contributed by atoms with Crippen LogP contribution in [0.5, 0.6) is 11.5 Å². The lowest BCUT2D eigenvalue weighted by atomic mass is 10.2. The number of nitrogens with zero attached hydrogens (tertiary/aromatic N) is 2. The van der Waals surface area contributed by atoms with Gasteiger partial charge in [-0.3, -0.25) is 9.69 Å². The van der Waals surface area contributed by atoms with Gasteiger partial charge in [0.15, 0.2) is 6.61 Å². The van der Waals surface area contributed by atoms with Gasteiger partial charge in [0.1, 0.15) is 11.5 Å². The van der Waals surface area contributed by atoms with Gasteiger partial charge in [0.05, 0.1) is 7.11 Å². The van der Waals surface area contributed by atoms with E-state index in [2.05, 4.69) is 18.7 Å². The highest BCUT2D eigenvalue weighted by molar-refractivity contribution is 5.77. The zero-order valence-corrected chi connectivity index (χ0v) is 13.7. The van der Waals surface area contributed by atoms with Gasteiger partial charge in [-0.1, -0.05) is 6.92 Å². The van der Waals surface area contributed by atoms with Crippen molar-refractivity contribution >= 4 is 5.91 Å². The van der Waals surface area contributed by atoms with Crippen molar-refractivity contribution in [3.63, 3.8) is 0 Å². The number of piperazine rings is 1. The first kappa shape index (κ1) is 16.6. The van der Waals surface area contributed by atoms with Crippen LogP contribution in [0, 0.1) is 0 Å². The third-order valence-electron chi connectivity index (χ3n) is 4.30. The van der Waals surface area contributed by atoms with Crippen molar-refractivity contribution in [2.24, 2.45) is 0 Å². The SMILES string of the molecule is CC[C@H](C)N1CCN(C(=O)COc2ccc(OC)cc2)CC1. The molecule has 5 heteroatoms. The van der Waals surface area contributed by atoms with Crippen LogP contribution in [0.2, 0.25) is 0 Å². The molecule has 1 aliphatic heterocycles. The monoisotopic (exact) mass is 306 g/mol. The molecule has 1 aromatic carbocycles. The molecule has 0 spiro atoms. The van der Waals surface area contributed by atoms with Crippen molar-refractivity contribution in [3.8, 4) is 11.5 Å². The minimum Gasteiger partial charge on any atom is -0.497 e. The number of rotatable bonds is 6. The van der Waals surface area contributed by atoms with Crippen LogP contribution in [0.25, 0.3) is 0 Å². The van der Waals surface area contributed by atoms with Crippen LogP contribution in [0.1, 0.15) is 20.3 Å². The predicted octanol–water partition coefficient (Wildman–Crippen LogP) is 2.02. The van der Waals surface area contributed by atoms with E-state index >= 15 is 0 Å². The molecule has 0 radical (unpaired) electrons. The van der Waals surface area contributed by atoms with Gasteiger partial charge in [0.2, 0.25) is 0 Å². The summed E-state index contributed by atoms with van der Waals surface area (Å²) in [4.78, 5) is 16.5. The largest absolute Gasteiger partial charge is 0.497 e. The molecule has 1 aliphatic rings. The van der Waals surface area contributed by atoms with Gasteiger partial charge in [0, 0.05) is 32.2 Å². The molecule has 0 aliphatic carbocycles. The van der Waals surface area contributed by atoms with Gasteiger partial charge in [0.25, 0.3) is 5.91 Å². The summed E-state index contributed by atoms with van der Waals surface area (Å²) in [7, 11) is 1.62. The molecular weight excluding hydrogens is 280 g/mol. The molecule has 1 saturated heterocycles. The molecule has 0 unspecified atom stereocenters. The lowest BCUT2D eigenvalue weighted by Crippen LogP contribution is -2.52. The standard InChI is InChI=1S/C17H26N2O3/c1-4-14(2)18-9-11-19(12-10-18)17(20)13-22-16-7-5-15(21-3)6-8-16/h5-8,14H,4,9-13H2,1-3H3/t14-/m0/s1. The smallest absolute Gasteiger partial charge is 0.260 e. The van der Waals surface area contributed by atoms with E-state index in [1.165, 1.54) is 0 Å². The Morgan fingerprint density at radius 1 is 1.14 bits per heavy atom. The molecule has 0 N–H and O–H groups in total. The third kappa shape index (κ3) is 4.37. The first-order chi connectivity index (χ1) is 10.6. The van der Waals surface area contributed by atoms with Crippen LogP contribution < -0.4 is 9.47 Å². The maximum atomic E-state index is 12.2. The maximum Gasteiger partial charge on any atom is 0.260 e. The number of amides is 1. The molecule has 1 amide bonds. The van der Waals surface area contributed by atoms with Gasteiger partial charge < -0.3 is 14.4 Å². The molecule has 1 aromatic rings. The van der Waals surface area contributed by atoms with Gasteiger partial charge in [-0.15, -0.1) is 0 Å². The molecule has 22 heavy (non-hydrogen) atoms. The van der Waals surface area contributed by atoms with Gasteiger partial charge in [-0.05, 0) is 37.6 Å². The molecule has 0 bridgehead atoms. The Bertz CT molecular complexity index is 467. The highest BCUT2D eigenvalue weighted by Gasteiger charge is 2.23. The molecule has 2 rings (SSSR count). The fourth-order valence-corrected chi connectivity index (χ4v) is 2.58. The Morgan fingerprint density at radius 2 is 1.73 bits per heavy atom. The summed E-state index contributed by atoms with van der Waals surface area (Å²) >= 11 is 0. The Labute approximate surface area is 132 Å². The number of methoxy groups -OCH3 is 1. The number of carbonyl (C=O) groups excluding carboxylic acids is 1. The van der Waals surface area contributed by atoms with E-state index in [0.29, 0.717) is 11.8 Å². The van der Waals surface area contributed by atoms with E-state index in [0.717, 1.165) is 38.3 Å². The Kier molecular flexibility index (Phi) is 6.07. The summed E-state index contributed by atoms with van der Waals surface area (Å²) in [5.41, 5.74) is 0. The third-order valence-corrected chi connectivity index (χ3v) is 4.30. The molecule has 1 heterocycles. The van der Waals surface area contributed by atoms with Crippen LogP contribution >= 0.6 is 0 Å². The van der Waals surface area contributed by atoms with Crippen LogP contribution in [0.15, 0.2) is 24.3 Å². The predicted molar refractivity (Wildman–Crippen MR) is 86.4 cm³/mol. The molecule has 1 atom stereocenters. The van der Waals surface area contributed by atoms with Crippen molar-refractivity contribution in [3.05, 3.63) is 24.3 Å². The second-order valence-electron chi connectivity index (χ2n) is 5.64. The summed E-state index contributed by atoms with van der Waals surface area (Å²) in [6, 6.07) is 7.86. The van der Waals surface area contributed by atoms with Gasteiger partial charge in [-0.2, -0.15) is 0 Å². The topological polar surface area (TPSA) is 42.0 Å². The minimum absolute atomic E-state index is 0.0552. The lowest BCUT2D eigenvalue weighted by molar-refractivity contribution is -0.135. The fourth-order valence-electron chi connectivity index (χ4n) is 2.58. The van der Waals surface area contributed by atoms with Crippen molar-refractivity contribution in [2.75, 3.05) is 39.9 Å². The maximum absolute atomic E-state index is 12.2. The molecular formula is C17H26N2O3. The zero-order valence-electron chi connectivity index (χ0n) is 13.7. The summed E-state index contributed by atoms with van der Waals surface area (Å²) in [5.74, 6) is 1.52. The van der Waals surface area contributed by atoms with Crippen LogP contribution in [0.3, 0.4) is 0 Å². The molecule has 0 saturated carbocycles. The summed E-state index contributed by atoms with van der Waals surface area (Å²) in [6.45, 7) is 8.00. The van der Waals surface area contributed by atoms with Gasteiger partial charge in [-0.25, -0.2) is 0 Å². The first-order valence-electron chi connectivity index (χ1n) is 7.92. The number of carbonyl (C=O) groups is 1. The van der Waals surface area contributed by atoms with E-state index in [9.17, 15) is 4.79 Å². The summed E-state index contributed by atoms with van der Waals surface area (Å²) < 4.78 is 10.6. The Morgan fingerprint density at radius 3 is 2.27 bits per heavy atom. The van der Waals surface area contributed by atoms with Crippen molar-refractivity contribution < 1.29 is 14.3 Å². The number of hydrogen-bond acceptors (Lipinski definition) is 4. The van der Waals surface area contributed by atoms with Gasteiger partial charge >= 0.3 is 0 Å². The van der Waals surface area contributed by atoms with E-state index < -0.39 is 0 Å². The van der Waals surface area contributed by atoms with E-state index in [1.807, 2.05) is 29.2 Å². The molecule has 1 fully saturated rings. The summed E-state index contributed by atoms with van der Waals surface area (Å²) in [6.07, 6.45) is 1.15. The minimum atomic E-state index is 0.0552. The second kappa shape index (κ2) is 8.03. The van der Waals surface area contributed by atoms with E-state index in [4.69, 9.17) is 9.47 Å². The first-order valence-corrected chi connectivity index (χ1v) is 7.92. The average Bonchev–Trinajstić information content (AvgIpc) is 2.59. The van der Waals surface area contributed by atoms with Crippen LogP contribution in [-0.4, -0.2) is 61.6 Å². The molecule has 0 aromatic heterocycles. The number of benzene rings is 1. The highest BCUT2D eigenvalue weighted by Crippen LogP contribution is 2.17. The fraction of sp³-hybridized carbons (Fsp3) is 0.588. The highest BCUT2D eigenvalue weighted by atomic mass is 16.5. The molecule has 5 nitrogen and oxygen atoms in total. The van der Waals surface area contributed by atoms with Crippen LogP contribution in [0.4, 0.5) is 0 Å². The van der Waals surface area contributed by atoms with Crippen molar-refractivity contribution in [2.45, 2.75) is 26.3 Å². The van der Waals surface area contributed by atoms with Crippen LogP contribution in [-0.2, 0) is 4.79 Å². The lowest BCUT2D eigenvalue weighted by Gasteiger charge is -2.37. The zero-order chi connectivity index (χ0) is 15.9. The normalized spacial score (nSPS) is 17.1. The molecule has 122 valence electrons. The number of hydrogen-bond donors (Lipinski definition) is 0. The average molecular weight is 306 g/mol. The second-order valence-corrected chi connectivity index (χ2v) is 5.64. The Hall–Kier alpha value is -1.75. The summed E-state index contributed by atoms with van der Waals surface area (Å²) in [5, 5.41) is 0. The van der Waals surface area contributed by atoms with Crippen molar-refractivity contribution in [1.29, 1.82) is 0 Å². The Balaban J connectivity index is 1.76. The van der Waals surface area contributed by atoms with E-state index in [1.54, 1.807) is 7.11 Å². The van der Waals surface area contributed by atoms with Crippen molar-refractivity contribution in [1.82, 2.24) is 9.80 Å². The van der Waals surface area contributed by atoms with E-state index in [-0.39, 0.29) is 12.5 Å². The number of ether oxygens (including phenoxy) is 2. The quantitative estimate of drug-likeness (QED) is 0.806.